The second-order valence-corrected chi connectivity index (χ2v) is 6.60. The molecular formula is C16H32N4O. The summed E-state index contributed by atoms with van der Waals surface area (Å²) in [5, 5.41) is 14.8. The van der Waals surface area contributed by atoms with E-state index in [1.165, 1.54) is 25.7 Å². The van der Waals surface area contributed by atoms with Crippen molar-refractivity contribution in [3.63, 3.8) is 0 Å². The fraction of sp³-hybridized carbons (Fsp3) is 0.875. The van der Waals surface area contributed by atoms with Crippen LogP contribution < -0.4 is 10.6 Å². The second-order valence-electron chi connectivity index (χ2n) is 6.60. The summed E-state index contributed by atoms with van der Waals surface area (Å²) in [7, 11) is 0. The molecule has 1 unspecified atom stereocenters. The van der Waals surface area contributed by atoms with Crippen molar-refractivity contribution in [2.24, 2.45) is 5.41 Å². The molecule has 0 bridgehead atoms. The van der Waals surface area contributed by atoms with Crippen LogP contribution in [0.4, 0.5) is 6.01 Å². The van der Waals surface area contributed by atoms with Gasteiger partial charge in [-0.2, -0.15) is 0 Å². The monoisotopic (exact) mass is 296 g/mol. The van der Waals surface area contributed by atoms with Crippen molar-refractivity contribution in [1.29, 1.82) is 0 Å². The zero-order valence-electron chi connectivity index (χ0n) is 14.3. The first-order valence-corrected chi connectivity index (χ1v) is 8.29. The Labute approximate surface area is 129 Å². The van der Waals surface area contributed by atoms with Crippen LogP contribution in [-0.2, 0) is 0 Å². The molecule has 1 heterocycles. The van der Waals surface area contributed by atoms with Gasteiger partial charge in [0, 0.05) is 6.54 Å². The van der Waals surface area contributed by atoms with E-state index in [9.17, 15) is 0 Å². The standard InChI is InChI=1S/C16H32N4O/c1-6-8-9-10-16(4,5)12-18-15-20-19-14(21-15)13(3)17-11-7-2/h13,17H,6-12H2,1-5H3,(H,18,20). The van der Waals surface area contributed by atoms with E-state index in [-0.39, 0.29) is 11.5 Å². The molecule has 1 aromatic rings. The number of anilines is 1. The van der Waals surface area contributed by atoms with Crippen LogP contribution >= 0.6 is 0 Å². The number of aromatic nitrogens is 2. The van der Waals surface area contributed by atoms with E-state index in [0.29, 0.717) is 11.9 Å². The Morgan fingerprint density at radius 2 is 1.90 bits per heavy atom. The third-order valence-corrected chi connectivity index (χ3v) is 3.69. The van der Waals surface area contributed by atoms with Gasteiger partial charge >= 0.3 is 6.01 Å². The third kappa shape index (κ3) is 6.93. The van der Waals surface area contributed by atoms with Crippen molar-refractivity contribution >= 4 is 6.01 Å². The first-order chi connectivity index (χ1) is 9.98. The van der Waals surface area contributed by atoms with Gasteiger partial charge in [-0.25, -0.2) is 0 Å². The predicted octanol–water partition coefficient (Wildman–Crippen LogP) is 4.15. The van der Waals surface area contributed by atoms with Crippen molar-refractivity contribution in [2.45, 2.75) is 72.8 Å². The highest BCUT2D eigenvalue weighted by atomic mass is 16.4. The molecule has 0 saturated carbocycles. The molecule has 122 valence electrons. The van der Waals surface area contributed by atoms with E-state index < -0.39 is 0 Å². The summed E-state index contributed by atoms with van der Waals surface area (Å²) >= 11 is 0. The van der Waals surface area contributed by atoms with Crippen LogP contribution in [0.3, 0.4) is 0 Å². The van der Waals surface area contributed by atoms with Gasteiger partial charge in [0.15, 0.2) is 0 Å². The smallest absolute Gasteiger partial charge is 0.315 e. The Kier molecular flexibility index (Phi) is 7.72. The summed E-state index contributed by atoms with van der Waals surface area (Å²) < 4.78 is 5.67. The highest BCUT2D eigenvalue weighted by molar-refractivity contribution is 5.18. The van der Waals surface area contributed by atoms with Crippen LogP contribution in [0.25, 0.3) is 0 Å². The third-order valence-electron chi connectivity index (χ3n) is 3.69. The molecule has 0 aliphatic carbocycles. The quantitative estimate of drug-likeness (QED) is 0.601. The number of hydrogen-bond donors (Lipinski definition) is 2. The van der Waals surface area contributed by atoms with Crippen molar-refractivity contribution < 1.29 is 4.42 Å². The minimum Gasteiger partial charge on any atom is -0.406 e. The molecular weight excluding hydrogens is 264 g/mol. The topological polar surface area (TPSA) is 63.0 Å². The van der Waals surface area contributed by atoms with Crippen LogP contribution in [0.15, 0.2) is 4.42 Å². The summed E-state index contributed by atoms with van der Waals surface area (Å²) in [6.45, 7) is 12.8. The lowest BCUT2D eigenvalue weighted by molar-refractivity contribution is 0.337. The van der Waals surface area contributed by atoms with E-state index >= 15 is 0 Å². The molecule has 5 nitrogen and oxygen atoms in total. The number of nitrogens with one attached hydrogen (secondary N) is 2. The second kappa shape index (κ2) is 9.03. The number of nitrogens with zero attached hydrogens (tertiary/aromatic N) is 2. The molecule has 0 aromatic carbocycles. The zero-order chi connectivity index (χ0) is 15.7. The molecule has 0 aliphatic heterocycles. The minimum atomic E-state index is 0.102. The van der Waals surface area contributed by atoms with Gasteiger partial charge in [-0.15, -0.1) is 5.10 Å². The zero-order valence-corrected chi connectivity index (χ0v) is 14.3. The number of hydrogen-bond acceptors (Lipinski definition) is 5. The SMILES string of the molecule is CCCCCC(C)(C)CNc1nnc(C(C)NCCC)o1. The molecule has 1 aromatic heterocycles. The van der Waals surface area contributed by atoms with E-state index in [1.807, 2.05) is 6.92 Å². The molecule has 1 atom stereocenters. The maximum absolute atomic E-state index is 5.67. The highest BCUT2D eigenvalue weighted by Crippen LogP contribution is 2.24. The largest absolute Gasteiger partial charge is 0.406 e. The molecule has 0 fully saturated rings. The molecule has 1 rings (SSSR count). The van der Waals surface area contributed by atoms with Crippen molar-refractivity contribution in [2.75, 3.05) is 18.4 Å². The molecule has 0 amide bonds. The molecule has 0 aliphatic rings. The van der Waals surface area contributed by atoms with E-state index in [2.05, 4.69) is 48.5 Å². The van der Waals surface area contributed by atoms with Crippen LogP contribution in [0.1, 0.15) is 78.7 Å². The molecule has 21 heavy (non-hydrogen) atoms. The van der Waals surface area contributed by atoms with Gasteiger partial charge in [-0.3, -0.25) is 0 Å². The number of rotatable bonds is 11. The Hall–Kier alpha value is -1.10. The average molecular weight is 296 g/mol. The Bertz CT molecular complexity index is 389. The van der Waals surface area contributed by atoms with Gasteiger partial charge in [0.05, 0.1) is 6.04 Å². The summed E-state index contributed by atoms with van der Waals surface area (Å²) in [6.07, 6.45) is 6.14. The first kappa shape index (κ1) is 18.0. The van der Waals surface area contributed by atoms with Gasteiger partial charge in [-0.1, -0.05) is 52.1 Å². The molecule has 0 radical (unpaired) electrons. The molecule has 0 saturated heterocycles. The minimum absolute atomic E-state index is 0.102. The van der Waals surface area contributed by atoms with Crippen LogP contribution in [-0.4, -0.2) is 23.3 Å². The van der Waals surface area contributed by atoms with Crippen molar-refractivity contribution in [3.8, 4) is 0 Å². The van der Waals surface area contributed by atoms with E-state index in [4.69, 9.17) is 4.42 Å². The number of unbranched alkanes of at least 4 members (excludes halogenated alkanes) is 2. The van der Waals surface area contributed by atoms with Gasteiger partial charge in [0.1, 0.15) is 0 Å². The summed E-state index contributed by atoms with van der Waals surface area (Å²) in [6, 6.07) is 0.629. The fourth-order valence-corrected chi connectivity index (χ4v) is 2.19. The summed E-state index contributed by atoms with van der Waals surface area (Å²) in [4.78, 5) is 0. The summed E-state index contributed by atoms with van der Waals surface area (Å²) in [5.41, 5.74) is 0.246. The first-order valence-electron chi connectivity index (χ1n) is 8.29. The molecule has 2 N–H and O–H groups in total. The van der Waals surface area contributed by atoms with Crippen LogP contribution in [0.2, 0.25) is 0 Å². The van der Waals surface area contributed by atoms with Crippen LogP contribution in [0.5, 0.6) is 0 Å². The highest BCUT2D eigenvalue weighted by Gasteiger charge is 2.19. The van der Waals surface area contributed by atoms with Gasteiger partial charge in [-0.05, 0) is 31.7 Å². The predicted molar refractivity (Wildman–Crippen MR) is 87.4 cm³/mol. The molecule has 0 spiro atoms. The molecule has 5 heteroatoms. The Balaban J connectivity index is 2.40. The van der Waals surface area contributed by atoms with Gasteiger partial charge in [0.25, 0.3) is 0 Å². The Morgan fingerprint density at radius 3 is 2.57 bits per heavy atom. The Morgan fingerprint density at radius 1 is 1.14 bits per heavy atom. The van der Waals surface area contributed by atoms with Crippen molar-refractivity contribution in [3.05, 3.63) is 5.89 Å². The van der Waals surface area contributed by atoms with Crippen LogP contribution in [0, 0.1) is 5.41 Å². The van der Waals surface area contributed by atoms with Crippen molar-refractivity contribution in [1.82, 2.24) is 15.5 Å². The summed E-state index contributed by atoms with van der Waals surface area (Å²) in [5.74, 6) is 0.648. The van der Waals surface area contributed by atoms with E-state index in [0.717, 1.165) is 19.5 Å². The van der Waals surface area contributed by atoms with Gasteiger partial charge < -0.3 is 15.1 Å². The lowest BCUT2D eigenvalue weighted by Gasteiger charge is -2.24. The fourth-order valence-electron chi connectivity index (χ4n) is 2.19. The maximum Gasteiger partial charge on any atom is 0.315 e. The normalized spacial score (nSPS) is 13.4. The lowest BCUT2D eigenvalue weighted by atomic mass is 9.87. The maximum atomic E-state index is 5.67. The average Bonchev–Trinajstić information content (AvgIpc) is 2.92. The van der Waals surface area contributed by atoms with Gasteiger partial charge in [0.2, 0.25) is 5.89 Å². The van der Waals surface area contributed by atoms with E-state index in [1.54, 1.807) is 0 Å². The lowest BCUT2D eigenvalue weighted by Crippen LogP contribution is -2.23.